The molecule has 0 aliphatic carbocycles. The summed E-state index contributed by atoms with van der Waals surface area (Å²) in [5.74, 6) is -0.360. The third-order valence-corrected chi connectivity index (χ3v) is 10.5. The number of likely N-dealkylation sites (N-methyl/N-ethyl adjacent to an activating group) is 1. The number of sulfonamides is 2. The van der Waals surface area contributed by atoms with E-state index in [0.29, 0.717) is 45.2 Å². The molecule has 2 heterocycles. The molecule has 3 amide bonds. The van der Waals surface area contributed by atoms with Crippen molar-refractivity contribution in [2.45, 2.75) is 18.6 Å². The quantitative estimate of drug-likeness (QED) is 0.424. The summed E-state index contributed by atoms with van der Waals surface area (Å²) < 4.78 is 66.6. The molecule has 2 bridgehead atoms. The molecule has 43 heavy (non-hydrogen) atoms. The Labute approximate surface area is 255 Å². The summed E-state index contributed by atoms with van der Waals surface area (Å²) in [6.07, 6.45) is 3.93. The van der Waals surface area contributed by atoms with Crippen LogP contribution in [0.4, 0.5) is 14.9 Å². The van der Waals surface area contributed by atoms with Crippen LogP contribution in [-0.2, 0) is 31.4 Å². The van der Waals surface area contributed by atoms with Crippen molar-refractivity contribution in [3.63, 3.8) is 0 Å². The van der Waals surface area contributed by atoms with E-state index in [1.807, 2.05) is 11.9 Å². The van der Waals surface area contributed by atoms with E-state index in [2.05, 4.69) is 15.1 Å². The lowest BCUT2D eigenvalue weighted by Crippen LogP contribution is -2.68. The first-order valence-electron chi connectivity index (χ1n) is 13.1. The van der Waals surface area contributed by atoms with Crippen molar-refractivity contribution in [1.29, 1.82) is 0 Å². The van der Waals surface area contributed by atoms with Gasteiger partial charge in [0.15, 0.2) is 0 Å². The van der Waals surface area contributed by atoms with E-state index in [0.717, 1.165) is 5.56 Å². The summed E-state index contributed by atoms with van der Waals surface area (Å²) in [5, 5.41) is 2.33. The minimum atomic E-state index is -4.49. The maximum atomic E-state index is 13.6. The smallest absolute Gasteiger partial charge is 0.349 e. The maximum absolute atomic E-state index is 13.6. The largest absolute Gasteiger partial charge is 0.495 e. The second-order valence-electron chi connectivity index (χ2n) is 10.7. The van der Waals surface area contributed by atoms with Gasteiger partial charge in [-0.05, 0) is 43.0 Å². The highest BCUT2D eigenvalue weighted by molar-refractivity contribution is 8.04. The molecule has 4 rings (SSSR count). The van der Waals surface area contributed by atoms with Crippen molar-refractivity contribution in [1.82, 2.24) is 18.4 Å². The molecular weight excluding hydrogens is 625 g/mol. The Balaban J connectivity index is 1.57. The number of hydrogen-bond acceptors (Lipinski definition) is 9. The van der Waals surface area contributed by atoms with Gasteiger partial charge < -0.3 is 19.9 Å². The van der Waals surface area contributed by atoms with Crippen LogP contribution in [0.5, 0.6) is 5.75 Å². The number of nitrogens with zero attached hydrogens (tertiary/aromatic N) is 4. The van der Waals surface area contributed by atoms with Gasteiger partial charge in [-0.2, -0.15) is 0 Å². The summed E-state index contributed by atoms with van der Waals surface area (Å²) in [6.45, 7) is 3.15. The zero-order valence-electron chi connectivity index (χ0n) is 24.0. The standard InChI is InChI=1S/C27H33ClFN5O7S2/c1-31-14-21-16-32(13-18-5-8-20(29)9-6-18)17-22(15-31)33(21)26(35)10-7-19-11-25(41-2)23(28)12-24(19)30-27(36)34(42(3,37)38)43(4,39)40/h5-12,21-22H,13-17H2,1-4H3,(H,30,36)/b10-7+. The van der Waals surface area contributed by atoms with Crippen LogP contribution in [-0.4, -0.2) is 112 Å². The summed E-state index contributed by atoms with van der Waals surface area (Å²) in [4.78, 5) is 32.6. The van der Waals surface area contributed by atoms with E-state index >= 15 is 0 Å². The number of fused-ring (bicyclic) bond motifs is 2. The van der Waals surface area contributed by atoms with Crippen LogP contribution in [0.3, 0.4) is 0 Å². The molecule has 2 atom stereocenters. The molecule has 1 N–H and O–H groups in total. The molecule has 2 aliphatic heterocycles. The number of urea groups is 1. The van der Waals surface area contributed by atoms with Gasteiger partial charge in [0.2, 0.25) is 26.0 Å². The Kier molecular flexibility index (Phi) is 9.71. The topological polar surface area (TPSA) is 137 Å². The Morgan fingerprint density at radius 2 is 1.63 bits per heavy atom. The van der Waals surface area contributed by atoms with E-state index < -0.39 is 26.1 Å². The highest BCUT2D eigenvalue weighted by Gasteiger charge is 2.41. The molecule has 0 saturated carbocycles. The monoisotopic (exact) mass is 657 g/mol. The molecule has 0 radical (unpaired) electrons. The van der Waals surface area contributed by atoms with Crippen molar-refractivity contribution >= 4 is 55.3 Å². The number of nitrogens with one attached hydrogen (secondary N) is 1. The number of ether oxygens (including phenoxy) is 1. The predicted molar refractivity (Wildman–Crippen MR) is 161 cm³/mol. The van der Waals surface area contributed by atoms with Crippen LogP contribution in [0.15, 0.2) is 42.5 Å². The van der Waals surface area contributed by atoms with Crippen molar-refractivity contribution in [3.8, 4) is 5.75 Å². The van der Waals surface area contributed by atoms with Crippen LogP contribution in [0.2, 0.25) is 5.02 Å². The highest BCUT2D eigenvalue weighted by Crippen LogP contribution is 2.33. The zero-order chi connectivity index (χ0) is 31.7. The molecule has 2 aromatic rings. The molecular formula is C27H33ClFN5O7S2. The zero-order valence-corrected chi connectivity index (χ0v) is 26.4. The average Bonchev–Trinajstić information content (AvgIpc) is 2.87. The van der Waals surface area contributed by atoms with Gasteiger partial charge in [0.05, 0.1) is 42.4 Å². The lowest BCUT2D eigenvalue weighted by atomic mass is 9.99. The molecule has 12 nitrogen and oxygen atoms in total. The summed E-state index contributed by atoms with van der Waals surface area (Å²) >= 11 is 6.23. The molecule has 2 saturated heterocycles. The number of methoxy groups -OCH3 is 1. The average molecular weight is 658 g/mol. The number of anilines is 1. The minimum Gasteiger partial charge on any atom is -0.495 e. The molecule has 2 aliphatic rings. The number of benzene rings is 2. The van der Waals surface area contributed by atoms with Gasteiger partial charge in [0.1, 0.15) is 11.6 Å². The van der Waals surface area contributed by atoms with Crippen LogP contribution >= 0.6 is 11.6 Å². The SMILES string of the molecule is COc1cc(/C=C/C(=O)N2C3CN(C)CC2CN(Cc2ccc(F)cc2)C3)c(NC(=O)N(S(C)(=O)=O)S(C)(=O)=O)cc1Cl. The molecule has 0 spiro atoms. The number of carbonyl (C=O) groups is 2. The summed E-state index contributed by atoms with van der Waals surface area (Å²) in [6, 6.07) is 7.37. The molecule has 2 aromatic carbocycles. The van der Waals surface area contributed by atoms with Crippen LogP contribution < -0.4 is 10.1 Å². The Morgan fingerprint density at radius 1 is 1.05 bits per heavy atom. The normalized spacial score (nSPS) is 19.8. The number of halogens is 2. The second-order valence-corrected chi connectivity index (χ2v) is 15.0. The maximum Gasteiger partial charge on any atom is 0.349 e. The molecule has 0 aromatic heterocycles. The van der Waals surface area contributed by atoms with Gasteiger partial charge in [-0.25, -0.2) is 26.0 Å². The lowest BCUT2D eigenvalue weighted by Gasteiger charge is -2.52. The van der Waals surface area contributed by atoms with Crippen molar-refractivity contribution in [2.75, 3.05) is 58.2 Å². The van der Waals surface area contributed by atoms with Gasteiger partial charge in [0.25, 0.3) is 0 Å². The first kappa shape index (κ1) is 32.7. The minimum absolute atomic E-state index is 0.0406. The van der Waals surface area contributed by atoms with E-state index in [-0.39, 0.29) is 49.5 Å². The van der Waals surface area contributed by atoms with E-state index in [9.17, 15) is 30.8 Å². The molecule has 16 heteroatoms. The fourth-order valence-corrected chi connectivity index (χ4v) is 8.40. The van der Waals surface area contributed by atoms with Crippen LogP contribution in [0.1, 0.15) is 11.1 Å². The highest BCUT2D eigenvalue weighted by atomic mass is 35.5. The Morgan fingerprint density at radius 3 is 2.16 bits per heavy atom. The third-order valence-electron chi connectivity index (χ3n) is 7.08. The summed E-state index contributed by atoms with van der Waals surface area (Å²) in [5.41, 5.74) is 1.16. The van der Waals surface area contributed by atoms with Crippen molar-refractivity contribution in [3.05, 3.63) is 64.4 Å². The van der Waals surface area contributed by atoms with Crippen molar-refractivity contribution in [2.24, 2.45) is 0 Å². The number of piperazine rings is 2. The fraction of sp³-hybridized carbons (Fsp3) is 0.407. The fourth-order valence-electron chi connectivity index (χ4n) is 5.49. The van der Waals surface area contributed by atoms with E-state index in [1.165, 1.54) is 43.5 Å². The van der Waals surface area contributed by atoms with Gasteiger partial charge in [-0.15, -0.1) is 3.71 Å². The van der Waals surface area contributed by atoms with Gasteiger partial charge >= 0.3 is 6.03 Å². The van der Waals surface area contributed by atoms with Gasteiger partial charge in [-0.1, -0.05) is 23.7 Å². The van der Waals surface area contributed by atoms with E-state index in [4.69, 9.17) is 16.3 Å². The molecule has 234 valence electrons. The third kappa shape index (κ3) is 7.84. The number of hydrogen-bond donors (Lipinski definition) is 1. The first-order chi connectivity index (χ1) is 20.1. The number of carbonyl (C=O) groups excluding carboxylic acids is 2. The number of amides is 3. The van der Waals surface area contributed by atoms with E-state index in [1.54, 1.807) is 12.1 Å². The molecule has 2 unspecified atom stereocenters. The number of rotatable bonds is 8. The summed E-state index contributed by atoms with van der Waals surface area (Å²) in [7, 11) is -5.60. The first-order valence-corrected chi connectivity index (χ1v) is 17.2. The Hall–Kier alpha value is -3.24. The predicted octanol–water partition coefficient (Wildman–Crippen LogP) is 2.28. The van der Waals surface area contributed by atoms with Gasteiger partial charge in [0, 0.05) is 44.4 Å². The molecule has 2 fully saturated rings. The van der Waals surface area contributed by atoms with Crippen LogP contribution in [0.25, 0.3) is 6.08 Å². The lowest BCUT2D eigenvalue weighted by molar-refractivity contribution is -0.140. The van der Waals surface area contributed by atoms with Gasteiger partial charge in [-0.3, -0.25) is 9.69 Å². The van der Waals surface area contributed by atoms with Crippen molar-refractivity contribution < 1.29 is 35.6 Å². The Bertz CT molecular complexity index is 1590. The van der Waals surface area contributed by atoms with Crippen LogP contribution in [0, 0.1) is 5.82 Å². The second kappa shape index (κ2) is 12.8.